The van der Waals surface area contributed by atoms with Crippen LogP contribution in [-0.4, -0.2) is 55.3 Å². The molecule has 0 atom stereocenters. The predicted molar refractivity (Wildman–Crippen MR) is 104 cm³/mol. The molecule has 2 heterocycles. The van der Waals surface area contributed by atoms with Crippen LogP contribution in [0, 0.1) is 5.92 Å². The molecule has 5 heteroatoms. The largest absolute Gasteiger partial charge is 0.396 e. The summed E-state index contributed by atoms with van der Waals surface area (Å²) in [6, 6.07) is 8.83. The van der Waals surface area contributed by atoms with Crippen molar-refractivity contribution < 1.29 is 5.11 Å². The SMILES string of the molecule is CCNC(=NCc1ccc(N2CCC(CO)CC2)cc1)N1CCCC1. The number of benzene rings is 1. The van der Waals surface area contributed by atoms with Crippen LogP contribution in [0.25, 0.3) is 0 Å². The number of aliphatic hydroxyl groups excluding tert-OH is 1. The van der Waals surface area contributed by atoms with E-state index < -0.39 is 0 Å². The molecule has 2 aliphatic heterocycles. The Balaban J connectivity index is 1.57. The van der Waals surface area contributed by atoms with Crippen LogP contribution in [-0.2, 0) is 6.54 Å². The summed E-state index contributed by atoms with van der Waals surface area (Å²) in [5, 5.41) is 12.7. The van der Waals surface area contributed by atoms with Gasteiger partial charge in [-0.25, -0.2) is 4.99 Å². The van der Waals surface area contributed by atoms with Crippen molar-refractivity contribution in [3.05, 3.63) is 29.8 Å². The van der Waals surface area contributed by atoms with Crippen molar-refractivity contribution in [2.45, 2.75) is 39.2 Å². The van der Waals surface area contributed by atoms with Gasteiger partial charge in [0.05, 0.1) is 6.54 Å². The van der Waals surface area contributed by atoms with Gasteiger partial charge in [0.15, 0.2) is 5.96 Å². The Kier molecular flexibility index (Phi) is 6.56. The van der Waals surface area contributed by atoms with Crippen LogP contribution in [0.5, 0.6) is 0 Å². The zero-order valence-electron chi connectivity index (χ0n) is 15.5. The summed E-state index contributed by atoms with van der Waals surface area (Å²) < 4.78 is 0. The minimum absolute atomic E-state index is 0.329. The summed E-state index contributed by atoms with van der Waals surface area (Å²) in [5.41, 5.74) is 2.54. The molecule has 0 spiro atoms. The third-order valence-electron chi connectivity index (χ3n) is 5.33. The van der Waals surface area contributed by atoms with E-state index in [0.717, 1.165) is 58.1 Å². The van der Waals surface area contributed by atoms with E-state index in [-0.39, 0.29) is 0 Å². The van der Waals surface area contributed by atoms with E-state index in [4.69, 9.17) is 4.99 Å². The second-order valence-corrected chi connectivity index (χ2v) is 7.14. The molecule has 5 nitrogen and oxygen atoms in total. The summed E-state index contributed by atoms with van der Waals surface area (Å²) in [7, 11) is 0. The second-order valence-electron chi connectivity index (χ2n) is 7.14. The lowest BCUT2D eigenvalue weighted by molar-refractivity contribution is 0.203. The van der Waals surface area contributed by atoms with Crippen LogP contribution in [0.1, 0.15) is 38.2 Å². The van der Waals surface area contributed by atoms with E-state index in [1.165, 1.54) is 24.1 Å². The molecule has 1 aromatic carbocycles. The van der Waals surface area contributed by atoms with Crippen LogP contribution in [0.2, 0.25) is 0 Å². The lowest BCUT2D eigenvalue weighted by Crippen LogP contribution is -2.39. The van der Waals surface area contributed by atoms with Crippen LogP contribution in [0.4, 0.5) is 5.69 Å². The molecule has 2 fully saturated rings. The number of rotatable bonds is 5. The van der Waals surface area contributed by atoms with Crippen molar-refractivity contribution in [1.29, 1.82) is 0 Å². The smallest absolute Gasteiger partial charge is 0.194 e. The number of aliphatic imine (C=N–C) groups is 1. The van der Waals surface area contributed by atoms with Crippen LogP contribution in [0.3, 0.4) is 0 Å². The monoisotopic (exact) mass is 344 g/mol. The molecule has 25 heavy (non-hydrogen) atoms. The Bertz CT molecular complexity index is 543. The summed E-state index contributed by atoms with van der Waals surface area (Å²) in [5.74, 6) is 1.54. The van der Waals surface area contributed by atoms with Gasteiger partial charge >= 0.3 is 0 Å². The molecule has 0 aliphatic carbocycles. The molecule has 0 amide bonds. The first-order valence-electron chi connectivity index (χ1n) is 9.78. The molecule has 2 aliphatic rings. The average molecular weight is 345 g/mol. The van der Waals surface area contributed by atoms with Crippen molar-refractivity contribution in [1.82, 2.24) is 10.2 Å². The Morgan fingerprint density at radius 2 is 1.80 bits per heavy atom. The first kappa shape index (κ1) is 18.1. The van der Waals surface area contributed by atoms with Gasteiger partial charge < -0.3 is 20.2 Å². The Hall–Kier alpha value is -1.75. The zero-order valence-corrected chi connectivity index (χ0v) is 15.5. The maximum absolute atomic E-state index is 9.27. The van der Waals surface area contributed by atoms with Crippen molar-refractivity contribution in [2.75, 3.05) is 44.2 Å². The predicted octanol–water partition coefficient (Wildman–Crippen LogP) is 2.46. The van der Waals surface area contributed by atoms with E-state index in [1.807, 2.05) is 0 Å². The van der Waals surface area contributed by atoms with E-state index in [0.29, 0.717) is 12.5 Å². The molecular weight excluding hydrogens is 312 g/mol. The number of piperidine rings is 1. The molecular formula is C20H32N4O. The van der Waals surface area contributed by atoms with Crippen molar-refractivity contribution in [2.24, 2.45) is 10.9 Å². The summed E-state index contributed by atoms with van der Waals surface area (Å²) in [6.45, 7) is 8.42. The standard InChI is InChI=1S/C20H32N4O/c1-2-21-20(24-11-3-4-12-24)22-15-17-5-7-19(8-6-17)23-13-9-18(16-25)10-14-23/h5-8,18,25H,2-4,9-16H2,1H3,(H,21,22). The molecule has 2 N–H and O–H groups in total. The Morgan fingerprint density at radius 1 is 1.12 bits per heavy atom. The van der Waals surface area contributed by atoms with Crippen molar-refractivity contribution >= 4 is 11.6 Å². The van der Waals surface area contributed by atoms with Gasteiger partial charge in [0, 0.05) is 45.0 Å². The maximum Gasteiger partial charge on any atom is 0.194 e. The molecule has 0 aromatic heterocycles. The fourth-order valence-corrected chi connectivity index (χ4v) is 3.71. The summed E-state index contributed by atoms with van der Waals surface area (Å²) in [4.78, 5) is 9.61. The van der Waals surface area contributed by atoms with Crippen molar-refractivity contribution in [3.8, 4) is 0 Å². The van der Waals surface area contributed by atoms with Crippen LogP contribution in [0.15, 0.2) is 29.3 Å². The number of aliphatic hydroxyl groups is 1. The van der Waals surface area contributed by atoms with E-state index in [2.05, 4.69) is 46.3 Å². The molecule has 0 unspecified atom stereocenters. The lowest BCUT2D eigenvalue weighted by atomic mass is 9.97. The summed E-state index contributed by atoms with van der Waals surface area (Å²) in [6.07, 6.45) is 4.72. The highest BCUT2D eigenvalue weighted by Gasteiger charge is 2.18. The second kappa shape index (κ2) is 9.09. The fraction of sp³-hybridized carbons (Fsp3) is 0.650. The van der Waals surface area contributed by atoms with E-state index in [1.54, 1.807) is 0 Å². The highest BCUT2D eigenvalue weighted by atomic mass is 16.3. The van der Waals surface area contributed by atoms with Crippen molar-refractivity contribution in [3.63, 3.8) is 0 Å². The molecule has 0 radical (unpaired) electrons. The highest BCUT2D eigenvalue weighted by molar-refractivity contribution is 5.80. The number of hydrogen-bond donors (Lipinski definition) is 2. The number of likely N-dealkylation sites (tertiary alicyclic amines) is 1. The molecule has 1 aromatic rings. The molecule has 138 valence electrons. The third kappa shape index (κ3) is 4.88. The first-order valence-corrected chi connectivity index (χ1v) is 9.78. The number of guanidine groups is 1. The van der Waals surface area contributed by atoms with Gasteiger partial charge in [0.2, 0.25) is 0 Å². The Morgan fingerprint density at radius 3 is 2.40 bits per heavy atom. The van der Waals surface area contributed by atoms with Crippen LogP contribution < -0.4 is 10.2 Å². The van der Waals surface area contributed by atoms with Gasteiger partial charge in [-0.1, -0.05) is 12.1 Å². The maximum atomic E-state index is 9.27. The molecule has 2 saturated heterocycles. The average Bonchev–Trinajstić information content (AvgIpc) is 3.20. The first-order chi connectivity index (χ1) is 12.3. The minimum atomic E-state index is 0.329. The minimum Gasteiger partial charge on any atom is -0.396 e. The van der Waals surface area contributed by atoms with Gasteiger partial charge in [-0.05, 0) is 56.2 Å². The fourth-order valence-electron chi connectivity index (χ4n) is 3.71. The van der Waals surface area contributed by atoms with E-state index in [9.17, 15) is 5.11 Å². The van der Waals surface area contributed by atoms with E-state index >= 15 is 0 Å². The van der Waals surface area contributed by atoms with Crippen LogP contribution >= 0.6 is 0 Å². The van der Waals surface area contributed by atoms with Gasteiger partial charge in [-0.3, -0.25) is 0 Å². The zero-order chi connectivity index (χ0) is 17.5. The highest BCUT2D eigenvalue weighted by Crippen LogP contribution is 2.23. The number of nitrogens with zero attached hydrogens (tertiary/aromatic N) is 3. The van der Waals surface area contributed by atoms with Gasteiger partial charge in [0.1, 0.15) is 0 Å². The number of nitrogens with one attached hydrogen (secondary N) is 1. The lowest BCUT2D eigenvalue weighted by Gasteiger charge is -2.32. The number of hydrogen-bond acceptors (Lipinski definition) is 3. The quantitative estimate of drug-likeness (QED) is 0.636. The molecule has 3 rings (SSSR count). The molecule has 0 bridgehead atoms. The normalized spacial score (nSPS) is 19.5. The van der Waals surface area contributed by atoms with Gasteiger partial charge in [-0.2, -0.15) is 0 Å². The van der Waals surface area contributed by atoms with Gasteiger partial charge in [-0.15, -0.1) is 0 Å². The number of anilines is 1. The molecule has 0 saturated carbocycles. The summed E-state index contributed by atoms with van der Waals surface area (Å²) >= 11 is 0. The third-order valence-corrected chi connectivity index (χ3v) is 5.33. The topological polar surface area (TPSA) is 51.1 Å². The Labute approximate surface area is 151 Å². The van der Waals surface area contributed by atoms with Gasteiger partial charge in [0.25, 0.3) is 0 Å².